The van der Waals surface area contributed by atoms with Gasteiger partial charge in [0.2, 0.25) is 0 Å². The van der Waals surface area contributed by atoms with Crippen LogP contribution in [-0.4, -0.2) is 30.1 Å². The third-order valence-electron chi connectivity index (χ3n) is 3.62. The third-order valence-corrected chi connectivity index (χ3v) is 3.62. The van der Waals surface area contributed by atoms with Gasteiger partial charge in [0, 0.05) is 18.5 Å². The quantitative estimate of drug-likeness (QED) is 0.584. The highest BCUT2D eigenvalue weighted by Crippen LogP contribution is 2.22. The first-order valence-corrected chi connectivity index (χ1v) is 7.04. The number of hydrogen-bond donors (Lipinski definition) is 3. The second kappa shape index (κ2) is 6.07. The number of nitrogens with zero attached hydrogens (tertiary/aromatic N) is 1. The fourth-order valence-corrected chi connectivity index (χ4v) is 2.51. The molecule has 1 aromatic heterocycles. The van der Waals surface area contributed by atoms with Crippen LogP contribution in [-0.2, 0) is 4.74 Å². The summed E-state index contributed by atoms with van der Waals surface area (Å²) >= 11 is 0. The number of aromatic nitrogens is 1. The number of nitrogens with two attached hydrogens (primary N) is 1. The van der Waals surface area contributed by atoms with E-state index in [1.807, 2.05) is 24.3 Å². The van der Waals surface area contributed by atoms with E-state index in [0.29, 0.717) is 17.9 Å². The largest absolute Gasteiger partial charge is 0.376 e. The number of nitrogens with one attached hydrogen (secondary N) is 2. The second-order valence-corrected chi connectivity index (χ2v) is 5.06. The maximum Gasteiger partial charge on any atom is 0.270 e. The van der Waals surface area contributed by atoms with Gasteiger partial charge in [-0.25, -0.2) is 4.98 Å². The van der Waals surface area contributed by atoms with Crippen LogP contribution in [0.2, 0.25) is 0 Å². The Balaban J connectivity index is 1.80. The molecule has 0 saturated carbocycles. The van der Waals surface area contributed by atoms with E-state index in [9.17, 15) is 4.79 Å². The Morgan fingerprint density at radius 1 is 1.43 bits per heavy atom. The Labute approximate surface area is 122 Å². The second-order valence-electron chi connectivity index (χ2n) is 5.06. The monoisotopic (exact) mass is 286 g/mol. The number of nitrogen functional groups attached to an aromatic ring is 1. The molecule has 6 nitrogen and oxygen atoms in total. The molecule has 1 aliphatic rings. The minimum absolute atomic E-state index is 0.113. The van der Waals surface area contributed by atoms with E-state index in [-0.39, 0.29) is 12.0 Å². The van der Waals surface area contributed by atoms with Crippen molar-refractivity contribution in [3.63, 3.8) is 0 Å². The highest BCUT2D eigenvalue weighted by Gasteiger charge is 2.17. The van der Waals surface area contributed by atoms with Crippen molar-refractivity contribution in [1.82, 2.24) is 10.3 Å². The summed E-state index contributed by atoms with van der Waals surface area (Å²) in [6, 6.07) is 9.21. The number of pyridine rings is 1. The fourth-order valence-electron chi connectivity index (χ4n) is 2.51. The Kier molecular flexibility index (Phi) is 3.98. The molecule has 110 valence electrons. The predicted octanol–water partition coefficient (Wildman–Crippen LogP) is 1.43. The lowest BCUT2D eigenvalue weighted by atomic mass is 10.1. The molecule has 0 aliphatic carbocycles. The number of rotatable bonds is 4. The zero-order valence-electron chi connectivity index (χ0n) is 11.6. The number of amides is 1. The van der Waals surface area contributed by atoms with Gasteiger partial charge in [0.15, 0.2) is 0 Å². The standard InChI is InChI=1S/C15H18N4O2/c16-19-13-8-14(18-12-6-2-1-5-11(12)13)15(20)17-9-10-4-3-7-21-10/h1-2,5-6,8,10H,3-4,7,9,16H2,(H,17,20)(H,18,19). The summed E-state index contributed by atoms with van der Waals surface area (Å²) in [5, 5.41) is 3.75. The number of para-hydroxylation sites is 1. The number of ether oxygens (including phenoxy) is 1. The SMILES string of the molecule is NNc1cc(C(=O)NCC2CCCO2)nc2ccccc12. The first-order chi connectivity index (χ1) is 10.3. The van der Waals surface area contributed by atoms with Crippen molar-refractivity contribution in [2.24, 2.45) is 5.84 Å². The van der Waals surface area contributed by atoms with E-state index in [4.69, 9.17) is 10.6 Å². The van der Waals surface area contributed by atoms with Gasteiger partial charge in [-0.15, -0.1) is 0 Å². The van der Waals surface area contributed by atoms with Crippen LogP contribution >= 0.6 is 0 Å². The van der Waals surface area contributed by atoms with Gasteiger partial charge < -0.3 is 15.5 Å². The first-order valence-electron chi connectivity index (χ1n) is 7.04. The summed E-state index contributed by atoms with van der Waals surface area (Å²) in [6.07, 6.45) is 2.15. The smallest absolute Gasteiger partial charge is 0.270 e. The zero-order chi connectivity index (χ0) is 14.7. The predicted molar refractivity (Wildman–Crippen MR) is 80.9 cm³/mol. The van der Waals surface area contributed by atoms with Crippen molar-refractivity contribution >= 4 is 22.5 Å². The average Bonchev–Trinajstić information content (AvgIpc) is 3.04. The highest BCUT2D eigenvalue weighted by molar-refractivity contribution is 5.99. The van der Waals surface area contributed by atoms with Gasteiger partial charge in [-0.2, -0.15) is 0 Å². The minimum Gasteiger partial charge on any atom is -0.376 e. The van der Waals surface area contributed by atoms with E-state index >= 15 is 0 Å². The van der Waals surface area contributed by atoms with Crippen LogP contribution in [0.3, 0.4) is 0 Å². The molecular formula is C15H18N4O2. The van der Waals surface area contributed by atoms with Crippen LogP contribution < -0.4 is 16.6 Å². The molecule has 0 spiro atoms. The molecule has 1 aromatic carbocycles. The molecule has 1 unspecified atom stereocenters. The lowest BCUT2D eigenvalue weighted by Crippen LogP contribution is -2.32. The summed E-state index contributed by atoms with van der Waals surface area (Å²) in [4.78, 5) is 16.6. The van der Waals surface area contributed by atoms with E-state index in [1.54, 1.807) is 6.07 Å². The number of fused-ring (bicyclic) bond motifs is 1. The van der Waals surface area contributed by atoms with Crippen LogP contribution in [0.5, 0.6) is 0 Å². The van der Waals surface area contributed by atoms with Crippen LogP contribution in [0.1, 0.15) is 23.3 Å². The summed E-state index contributed by atoms with van der Waals surface area (Å²) in [7, 11) is 0. The molecule has 1 amide bonds. The maximum atomic E-state index is 12.2. The van der Waals surface area contributed by atoms with Gasteiger partial charge in [-0.1, -0.05) is 18.2 Å². The van der Waals surface area contributed by atoms with Crippen LogP contribution in [0, 0.1) is 0 Å². The van der Waals surface area contributed by atoms with Gasteiger partial charge in [0.05, 0.1) is 17.3 Å². The van der Waals surface area contributed by atoms with Gasteiger partial charge >= 0.3 is 0 Å². The zero-order valence-corrected chi connectivity index (χ0v) is 11.6. The molecule has 1 saturated heterocycles. The van der Waals surface area contributed by atoms with Gasteiger partial charge in [0.1, 0.15) is 5.69 Å². The van der Waals surface area contributed by atoms with E-state index in [0.717, 1.165) is 30.4 Å². The van der Waals surface area contributed by atoms with Crippen molar-refractivity contribution in [2.45, 2.75) is 18.9 Å². The van der Waals surface area contributed by atoms with Gasteiger partial charge in [-0.3, -0.25) is 10.6 Å². The Morgan fingerprint density at radius 3 is 3.05 bits per heavy atom. The molecule has 3 rings (SSSR count). The van der Waals surface area contributed by atoms with Crippen LogP contribution in [0.25, 0.3) is 10.9 Å². The molecule has 1 fully saturated rings. The molecule has 6 heteroatoms. The first kappa shape index (κ1) is 13.8. The van der Waals surface area contributed by atoms with Crippen molar-refractivity contribution in [2.75, 3.05) is 18.6 Å². The Hall–Kier alpha value is -2.18. The van der Waals surface area contributed by atoms with Gasteiger partial charge in [-0.05, 0) is 25.0 Å². The molecule has 0 radical (unpaired) electrons. The number of carbonyl (C=O) groups excluding carboxylic acids is 1. The van der Waals surface area contributed by atoms with Crippen molar-refractivity contribution in [3.05, 3.63) is 36.0 Å². The fraction of sp³-hybridized carbons (Fsp3) is 0.333. The number of hydrogen-bond acceptors (Lipinski definition) is 5. The Morgan fingerprint density at radius 2 is 2.29 bits per heavy atom. The Bertz CT molecular complexity index is 653. The number of benzene rings is 1. The van der Waals surface area contributed by atoms with Crippen molar-refractivity contribution < 1.29 is 9.53 Å². The summed E-state index contributed by atoms with van der Waals surface area (Å²) < 4.78 is 5.49. The van der Waals surface area contributed by atoms with Crippen LogP contribution in [0.15, 0.2) is 30.3 Å². The highest BCUT2D eigenvalue weighted by atomic mass is 16.5. The molecule has 21 heavy (non-hydrogen) atoms. The number of carbonyl (C=O) groups is 1. The van der Waals surface area contributed by atoms with E-state index in [2.05, 4.69) is 15.7 Å². The molecular weight excluding hydrogens is 268 g/mol. The molecule has 2 heterocycles. The summed E-state index contributed by atoms with van der Waals surface area (Å²) in [5.74, 6) is 5.31. The number of anilines is 1. The van der Waals surface area contributed by atoms with Gasteiger partial charge in [0.25, 0.3) is 5.91 Å². The lowest BCUT2D eigenvalue weighted by molar-refractivity contribution is 0.0854. The maximum absolute atomic E-state index is 12.2. The minimum atomic E-state index is -0.215. The average molecular weight is 286 g/mol. The lowest BCUT2D eigenvalue weighted by Gasteiger charge is -2.12. The summed E-state index contributed by atoms with van der Waals surface area (Å²) in [5.41, 5.74) is 4.38. The molecule has 0 bridgehead atoms. The van der Waals surface area contributed by atoms with Crippen LogP contribution in [0.4, 0.5) is 5.69 Å². The van der Waals surface area contributed by atoms with Crippen molar-refractivity contribution in [3.8, 4) is 0 Å². The van der Waals surface area contributed by atoms with E-state index in [1.165, 1.54) is 0 Å². The number of hydrazine groups is 1. The normalized spacial score (nSPS) is 17.9. The summed E-state index contributed by atoms with van der Waals surface area (Å²) in [6.45, 7) is 1.29. The van der Waals surface area contributed by atoms with E-state index < -0.39 is 0 Å². The third kappa shape index (κ3) is 2.96. The molecule has 1 atom stereocenters. The molecule has 2 aromatic rings. The molecule has 1 aliphatic heterocycles. The molecule has 4 N–H and O–H groups in total. The van der Waals surface area contributed by atoms with Crippen molar-refractivity contribution in [1.29, 1.82) is 0 Å². The topological polar surface area (TPSA) is 89.3 Å².